The van der Waals surface area contributed by atoms with Gasteiger partial charge in [0, 0.05) is 14.2 Å². The molecule has 14 heavy (non-hydrogen) atoms. The summed E-state index contributed by atoms with van der Waals surface area (Å²) in [6, 6.07) is 2.15. The summed E-state index contributed by atoms with van der Waals surface area (Å²) in [4.78, 5) is 0. The van der Waals surface area contributed by atoms with Crippen molar-refractivity contribution in [2.75, 3.05) is 20.8 Å². The number of unbranched alkanes of at least 4 members (excludes halogenated alkanes) is 3. The Bertz CT molecular complexity index is 121. The Kier molecular flexibility index (Phi) is 8.47. The van der Waals surface area contributed by atoms with Crippen LogP contribution in [0.25, 0.3) is 0 Å². The summed E-state index contributed by atoms with van der Waals surface area (Å²) in [5.74, 6) is 0. The molecular formula is C10H25NO2Si. The van der Waals surface area contributed by atoms with Gasteiger partial charge >= 0.3 is 8.56 Å². The van der Waals surface area contributed by atoms with E-state index in [9.17, 15) is 0 Å². The number of nitrogens with two attached hydrogens (primary N) is 1. The van der Waals surface area contributed by atoms with Crippen molar-refractivity contribution in [3.05, 3.63) is 0 Å². The molecule has 3 nitrogen and oxygen atoms in total. The molecule has 0 aliphatic carbocycles. The lowest BCUT2D eigenvalue weighted by Gasteiger charge is -2.25. The zero-order valence-corrected chi connectivity index (χ0v) is 10.8. The first-order valence-electron chi connectivity index (χ1n) is 5.55. The summed E-state index contributed by atoms with van der Waals surface area (Å²) < 4.78 is 11.1. The van der Waals surface area contributed by atoms with E-state index in [1.165, 1.54) is 19.3 Å². The predicted molar refractivity (Wildman–Crippen MR) is 62.6 cm³/mol. The zero-order chi connectivity index (χ0) is 10.9. The van der Waals surface area contributed by atoms with Crippen LogP contribution in [0.4, 0.5) is 0 Å². The molecule has 0 amide bonds. The second-order valence-electron chi connectivity index (χ2n) is 3.63. The van der Waals surface area contributed by atoms with Crippen LogP contribution in [0, 0.1) is 0 Å². The average Bonchev–Trinajstić information content (AvgIpc) is 2.24. The second-order valence-corrected chi connectivity index (χ2v) is 7.47. The Balaban J connectivity index is 3.61. The van der Waals surface area contributed by atoms with Crippen molar-refractivity contribution < 1.29 is 8.85 Å². The van der Waals surface area contributed by atoms with Gasteiger partial charge in [-0.1, -0.05) is 26.2 Å². The Labute approximate surface area is 89.2 Å². The van der Waals surface area contributed by atoms with Gasteiger partial charge in [-0.15, -0.1) is 0 Å². The van der Waals surface area contributed by atoms with Crippen molar-refractivity contribution in [3.63, 3.8) is 0 Å². The van der Waals surface area contributed by atoms with Gasteiger partial charge in [-0.05, 0) is 25.1 Å². The van der Waals surface area contributed by atoms with Gasteiger partial charge in [0.15, 0.2) is 0 Å². The van der Waals surface area contributed by atoms with Gasteiger partial charge in [0.1, 0.15) is 0 Å². The van der Waals surface area contributed by atoms with Crippen molar-refractivity contribution in [2.45, 2.75) is 44.7 Å². The lowest BCUT2D eigenvalue weighted by atomic mass is 10.2. The SMILES string of the molecule is CC[Si](CCCCCCN)(OC)OC. The van der Waals surface area contributed by atoms with E-state index in [0.29, 0.717) is 0 Å². The highest BCUT2D eigenvalue weighted by molar-refractivity contribution is 6.67. The maximum absolute atomic E-state index is 5.53. The minimum atomic E-state index is -1.81. The monoisotopic (exact) mass is 219 g/mol. The van der Waals surface area contributed by atoms with Crippen molar-refractivity contribution in [3.8, 4) is 0 Å². The smallest absolute Gasteiger partial charge is 0.337 e. The van der Waals surface area contributed by atoms with Crippen LogP contribution in [0.2, 0.25) is 12.1 Å². The van der Waals surface area contributed by atoms with E-state index in [1.807, 2.05) is 0 Å². The van der Waals surface area contributed by atoms with Gasteiger partial charge in [0.25, 0.3) is 0 Å². The Morgan fingerprint density at radius 3 is 2.00 bits per heavy atom. The van der Waals surface area contributed by atoms with Crippen molar-refractivity contribution in [1.82, 2.24) is 0 Å². The first kappa shape index (κ1) is 14.1. The molecule has 4 heteroatoms. The standard InChI is InChI=1S/C10H25NO2Si/c1-4-14(12-2,13-3)10-8-6-5-7-9-11/h4-11H2,1-3H3. The molecule has 0 heterocycles. The van der Waals surface area contributed by atoms with Gasteiger partial charge < -0.3 is 14.6 Å². The average molecular weight is 219 g/mol. The van der Waals surface area contributed by atoms with Gasteiger partial charge in [0.2, 0.25) is 0 Å². The summed E-state index contributed by atoms with van der Waals surface area (Å²) >= 11 is 0. The number of hydrogen-bond acceptors (Lipinski definition) is 3. The fraction of sp³-hybridized carbons (Fsp3) is 1.00. The molecule has 0 rings (SSSR count). The molecular weight excluding hydrogens is 194 g/mol. The highest BCUT2D eigenvalue weighted by atomic mass is 28.4. The van der Waals surface area contributed by atoms with Gasteiger partial charge in [-0.25, -0.2) is 0 Å². The lowest BCUT2D eigenvalue weighted by molar-refractivity contribution is 0.241. The topological polar surface area (TPSA) is 44.5 Å². The predicted octanol–water partition coefficient (Wildman–Crippen LogP) is 2.26. The maximum atomic E-state index is 5.53. The molecule has 0 atom stereocenters. The van der Waals surface area contributed by atoms with Gasteiger partial charge in [0.05, 0.1) is 0 Å². The molecule has 0 bridgehead atoms. The molecule has 0 aromatic rings. The molecule has 0 aliphatic rings. The molecule has 0 fully saturated rings. The van der Waals surface area contributed by atoms with Crippen LogP contribution in [0.15, 0.2) is 0 Å². The Hall–Kier alpha value is 0.0969. The number of rotatable bonds is 9. The third-order valence-corrected chi connectivity index (χ3v) is 6.48. The molecule has 0 aromatic carbocycles. The third kappa shape index (κ3) is 5.10. The summed E-state index contributed by atoms with van der Waals surface area (Å²) in [5, 5.41) is 0. The summed E-state index contributed by atoms with van der Waals surface area (Å²) in [6.45, 7) is 2.96. The quantitative estimate of drug-likeness (QED) is 0.478. The first-order chi connectivity index (χ1) is 6.74. The summed E-state index contributed by atoms with van der Waals surface area (Å²) in [7, 11) is 1.74. The minimum Gasteiger partial charge on any atom is -0.398 e. The summed E-state index contributed by atoms with van der Waals surface area (Å²) in [5.41, 5.74) is 5.43. The van der Waals surface area contributed by atoms with Crippen molar-refractivity contribution in [1.29, 1.82) is 0 Å². The van der Waals surface area contributed by atoms with Crippen LogP contribution in [-0.4, -0.2) is 29.3 Å². The second kappa shape index (κ2) is 8.41. The van der Waals surface area contributed by atoms with Crippen LogP contribution in [0.5, 0.6) is 0 Å². The van der Waals surface area contributed by atoms with Crippen LogP contribution in [0.1, 0.15) is 32.6 Å². The molecule has 86 valence electrons. The summed E-state index contributed by atoms with van der Waals surface area (Å²) in [6.07, 6.45) is 4.83. The first-order valence-corrected chi connectivity index (χ1v) is 7.78. The van der Waals surface area contributed by atoms with Crippen LogP contribution >= 0.6 is 0 Å². The molecule has 0 aliphatic heterocycles. The van der Waals surface area contributed by atoms with E-state index in [4.69, 9.17) is 14.6 Å². The fourth-order valence-corrected chi connectivity index (χ4v) is 3.94. The van der Waals surface area contributed by atoms with Crippen molar-refractivity contribution >= 4 is 8.56 Å². The largest absolute Gasteiger partial charge is 0.398 e. The van der Waals surface area contributed by atoms with E-state index in [0.717, 1.165) is 25.1 Å². The lowest BCUT2D eigenvalue weighted by Crippen LogP contribution is -2.38. The Morgan fingerprint density at radius 1 is 1.00 bits per heavy atom. The third-order valence-electron chi connectivity index (χ3n) is 2.79. The highest BCUT2D eigenvalue weighted by Crippen LogP contribution is 2.20. The van der Waals surface area contributed by atoms with E-state index in [1.54, 1.807) is 14.2 Å². The highest BCUT2D eigenvalue weighted by Gasteiger charge is 2.31. The molecule has 0 spiro atoms. The fourth-order valence-electron chi connectivity index (χ4n) is 1.65. The maximum Gasteiger partial charge on any atom is 0.337 e. The van der Waals surface area contributed by atoms with Crippen LogP contribution in [-0.2, 0) is 8.85 Å². The zero-order valence-electron chi connectivity index (χ0n) is 9.84. The molecule has 2 N–H and O–H groups in total. The molecule has 0 saturated heterocycles. The van der Waals surface area contributed by atoms with E-state index < -0.39 is 8.56 Å². The van der Waals surface area contributed by atoms with Crippen LogP contribution < -0.4 is 5.73 Å². The van der Waals surface area contributed by atoms with E-state index in [2.05, 4.69) is 6.92 Å². The van der Waals surface area contributed by atoms with Crippen molar-refractivity contribution in [2.24, 2.45) is 5.73 Å². The van der Waals surface area contributed by atoms with Crippen LogP contribution in [0.3, 0.4) is 0 Å². The van der Waals surface area contributed by atoms with Gasteiger partial charge in [-0.3, -0.25) is 0 Å². The van der Waals surface area contributed by atoms with E-state index in [-0.39, 0.29) is 0 Å². The molecule has 0 saturated carbocycles. The van der Waals surface area contributed by atoms with Gasteiger partial charge in [-0.2, -0.15) is 0 Å². The number of hydrogen-bond donors (Lipinski definition) is 1. The Morgan fingerprint density at radius 2 is 1.57 bits per heavy atom. The molecule has 0 aromatic heterocycles. The van der Waals surface area contributed by atoms with E-state index >= 15 is 0 Å². The normalized spacial score (nSPS) is 12.0. The molecule has 0 unspecified atom stereocenters. The minimum absolute atomic E-state index is 0.810. The molecule has 0 radical (unpaired) electrons.